The summed E-state index contributed by atoms with van der Waals surface area (Å²) in [7, 11) is 1.67. The summed E-state index contributed by atoms with van der Waals surface area (Å²) >= 11 is 0. The van der Waals surface area contributed by atoms with Gasteiger partial charge in [-0.15, -0.1) is 5.10 Å². The molecule has 1 unspecified atom stereocenters. The minimum absolute atomic E-state index is 0.0457. The topological polar surface area (TPSA) is 75.2 Å². The van der Waals surface area contributed by atoms with Crippen LogP contribution in [0.4, 0.5) is 0 Å². The van der Waals surface area contributed by atoms with Crippen molar-refractivity contribution in [2.24, 2.45) is 5.73 Å². The number of aryl methyl sites for hydroxylation is 1. The SMILES string of the molecule is CCOCCCn1nnc(CN)c1C(C)OC. The second-order valence-electron chi connectivity index (χ2n) is 3.78. The van der Waals surface area contributed by atoms with Gasteiger partial charge in [-0.1, -0.05) is 5.21 Å². The molecule has 1 heterocycles. The highest BCUT2D eigenvalue weighted by Gasteiger charge is 2.17. The van der Waals surface area contributed by atoms with Gasteiger partial charge in [-0.2, -0.15) is 0 Å². The fourth-order valence-corrected chi connectivity index (χ4v) is 1.68. The number of rotatable bonds is 8. The summed E-state index contributed by atoms with van der Waals surface area (Å²) in [6.07, 6.45) is 0.862. The van der Waals surface area contributed by atoms with Crippen LogP contribution < -0.4 is 5.73 Å². The quantitative estimate of drug-likeness (QED) is 0.685. The number of aromatic nitrogens is 3. The number of nitrogens with zero attached hydrogens (tertiary/aromatic N) is 3. The Balaban J connectivity index is 2.67. The molecule has 0 saturated carbocycles. The monoisotopic (exact) mass is 242 g/mol. The molecule has 2 N–H and O–H groups in total. The average molecular weight is 242 g/mol. The van der Waals surface area contributed by atoms with Crippen LogP contribution in [0.1, 0.15) is 37.8 Å². The van der Waals surface area contributed by atoms with Gasteiger partial charge >= 0.3 is 0 Å². The van der Waals surface area contributed by atoms with E-state index in [1.165, 1.54) is 0 Å². The highest BCUT2D eigenvalue weighted by Crippen LogP contribution is 2.18. The van der Waals surface area contributed by atoms with Crippen molar-refractivity contribution in [2.45, 2.75) is 39.5 Å². The van der Waals surface area contributed by atoms with Crippen LogP contribution >= 0.6 is 0 Å². The third-order valence-electron chi connectivity index (χ3n) is 2.64. The Morgan fingerprint density at radius 1 is 1.47 bits per heavy atom. The maximum atomic E-state index is 5.64. The zero-order chi connectivity index (χ0) is 12.7. The number of hydrogen-bond acceptors (Lipinski definition) is 5. The average Bonchev–Trinajstić information content (AvgIpc) is 2.76. The van der Waals surface area contributed by atoms with Crippen LogP contribution in [0.15, 0.2) is 0 Å². The van der Waals surface area contributed by atoms with Gasteiger partial charge in [-0.05, 0) is 20.3 Å². The lowest BCUT2D eigenvalue weighted by atomic mass is 10.2. The van der Waals surface area contributed by atoms with Crippen molar-refractivity contribution >= 4 is 0 Å². The van der Waals surface area contributed by atoms with E-state index in [0.717, 1.165) is 37.6 Å². The minimum Gasteiger partial charge on any atom is -0.382 e. The third-order valence-corrected chi connectivity index (χ3v) is 2.64. The highest BCUT2D eigenvalue weighted by atomic mass is 16.5. The molecule has 0 fully saturated rings. The first-order chi connectivity index (χ1) is 8.24. The van der Waals surface area contributed by atoms with Gasteiger partial charge in [0.25, 0.3) is 0 Å². The fraction of sp³-hybridized carbons (Fsp3) is 0.818. The summed E-state index contributed by atoms with van der Waals surface area (Å²) in [6.45, 7) is 6.59. The molecule has 6 nitrogen and oxygen atoms in total. The van der Waals surface area contributed by atoms with E-state index in [1.54, 1.807) is 7.11 Å². The predicted octanol–water partition coefficient (Wildman–Crippen LogP) is 0.871. The van der Waals surface area contributed by atoms with Gasteiger partial charge in [0.15, 0.2) is 0 Å². The van der Waals surface area contributed by atoms with Gasteiger partial charge in [-0.25, -0.2) is 4.68 Å². The Labute approximate surface area is 102 Å². The first kappa shape index (κ1) is 14.1. The van der Waals surface area contributed by atoms with Gasteiger partial charge < -0.3 is 15.2 Å². The van der Waals surface area contributed by atoms with Crippen molar-refractivity contribution in [3.63, 3.8) is 0 Å². The molecule has 1 aromatic rings. The van der Waals surface area contributed by atoms with Crippen molar-refractivity contribution in [2.75, 3.05) is 20.3 Å². The molecule has 0 saturated heterocycles. The molecule has 0 bridgehead atoms. The minimum atomic E-state index is -0.0457. The predicted molar refractivity (Wildman–Crippen MR) is 64.4 cm³/mol. The van der Waals surface area contributed by atoms with E-state index in [4.69, 9.17) is 15.2 Å². The van der Waals surface area contributed by atoms with Gasteiger partial charge in [0.05, 0.1) is 11.8 Å². The third kappa shape index (κ3) is 3.76. The van der Waals surface area contributed by atoms with Gasteiger partial charge in [0, 0.05) is 33.4 Å². The lowest BCUT2D eigenvalue weighted by Gasteiger charge is -2.13. The van der Waals surface area contributed by atoms with Crippen molar-refractivity contribution in [3.8, 4) is 0 Å². The summed E-state index contributed by atoms with van der Waals surface area (Å²) < 4.78 is 12.5. The zero-order valence-electron chi connectivity index (χ0n) is 10.8. The molecule has 0 aliphatic heterocycles. The lowest BCUT2D eigenvalue weighted by Crippen LogP contribution is -2.13. The second kappa shape index (κ2) is 7.37. The van der Waals surface area contributed by atoms with E-state index >= 15 is 0 Å². The normalized spacial score (nSPS) is 12.9. The maximum absolute atomic E-state index is 5.64. The molecular formula is C11H22N4O2. The molecule has 6 heteroatoms. The van der Waals surface area contributed by atoms with E-state index < -0.39 is 0 Å². The molecule has 0 amide bonds. The molecule has 0 spiro atoms. The molecule has 1 aromatic heterocycles. The Bertz CT molecular complexity index is 327. The Kier molecular flexibility index (Phi) is 6.10. The standard InChI is InChI=1S/C11H22N4O2/c1-4-17-7-5-6-15-11(9(2)16-3)10(8-12)13-14-15/h9H,4-8,12H2,1-3H3. The molecule has 98 valence electrons. The molecule has 1 atom stereocenters. The summed E-state index contributed by atoms with van der Waals surface area (Å²) in [5, 5.41) is 8.17. The molecule has 0 aliphatic carbocycles. The van der Waals surface area contributed by atoms with Gasteiger partial charge in [0.1, 0.15) is 5.69 Å². The first-order valence-electron chi connectivity index (χ1n) is 5.97. The van der Waals surface area contributed by atoms with Crippen LogP contribution in [-0.2, 0) is 22.6 Å². The smallest absolute Gasteiger partial charge is 0.102 e. The van der Waals surface area contributed by atoms with Gasteiger partial charge in [-0.3, -0.25) is 0 Å². The van der Waals surface area contributed by atoms with Crippen molar-refractivity contribution < 1.29 is 9.47 Å². The summed E-state index contributed by atoms with van der Waals surface area (Å²) in [4.78, 5) is 0. The van der Waals surface area contributed by atoms with E-state index in [9.17, 15) is 0 Å². The summed E-state index contributed by atoms with van der Waals surface area (Å²) in [5.41, 5.74) is 7.40. The van der Waals surface area contributed by atoms with Crippen LogP contribution in [0.2, 0.25) is 0 Å². The zero-order valence-corrected chi connectivity index (χ0v) is 10.8. The maximum Gasteiger partial charge on any atom is 0.102 e. The van der Waals surface area contributed by atoms with Crippen molar-refractivity contribution in [1.29, 1.82) is 0 Å². The van der Waals surface area contributed by atoms with Crippen LogP contribution in [0.5, 0.6) is 0 Å². The number of nitrogens with two attached hydrogens (primary N) is 1. The molecule has 1 rings (SSSR count). The summed E-state index contributed by atoms with van der Waals surface area (Å²) in [6, 6.07) is 0. The lowest BCUT2D eigenvalue weighted by molar-refractivity contribution is 0.108. The Hall–Kier alpha value is -0.980. The molecule has 0 radical (unpaired) electrons. The van der Waals surface area contributed by atoms with E-state index in [-0.39, 0.29) is 6.10 Å². The molecule has 0 aliphatic rings. The number of ether oxygens (including phenoxy) is 2. The number of methoxy groups -OCH3 is 1. The van der Waals surface area contributed by atoms with Crippen LogP contribution in [0.3, 0.4) is 0 Å². The van der Waals surface area contributed by atoms with E-state index in [2.05, 4.69) is 10.3 Å². The largest absolute Gasteiger partial charge is 0.382 e. The molecule has 0 aromatic carbocycles. The van der Waals surface area contributed by atoms with Gasteiger partial charge in [0.2, 0.25) is 0 Å². The second-order valence-corrected chi connectivity index (χ2v) is 3.78. The van der Waals surface area contributed by atoms with Crippen molar-refractivity contribution in [3.05, 3.63) is 11.4 Å². The van der Waals surface area contributed by atoms with E-state index in [1.807, 2.05) is 18.5 Å². The van der Waals surface area contributed by atoms with Crippen LogP contribution in [0, 0.1) is 0 Å². The van der Waals surface area contributed by atoms with Crippen LogP contribution in [-0.4, -0.2) is 35.3 Å². The summed E-state index contributed by atoms with van der Waals surface area (Å²) in [5.74, 6) is 0. The van der Waals surface area contributed by atoms with E-state index in [0.29, 0.717) is 6.54 Å². The van der Waals surface area contributed by atoms with Crippen LogP contribution in [0.25, 0.3) is 0 Å². The Morgan fingerprint density at radius 2 is 2.24 bits per heavy atom. The molecular weight excluding hydrogens is 220 g/mol. The highest BCUT2D eigenvalue weighted by molar-refractivity contribution is 5.12. The molecule has 17 heavy (non-hydrogen) atoms. The Morgan fingerprint density at radius 3 is 2.82 bits per heavy atom. The number of hydrogen-bond donors (Lipinski definition) is 1. The first-order valence-corrected chi connectivity index (χ1v) is 5.97. The fourth-order valence-electron chi connectivity index (χ4n) is 1.68. The van der Waals surface area contributed by atoms with Crippen molar-refractivity contribution in [1.82, 2.24) is 15.0 Å².